The number of ketones is 1. The standard InChI is InChI=1S/C13H20N2O3/c1-9(2)10(16)8-15-11(17)13(14-12(15)18)6-4-3-5-7-13/h9H,3-8H2,1-2H3,(H,14,18). The highest BCUT2D eigenvalue weighted by Gasteiger charge is 2.51. The van der Waals surface area contributed by atoms with E-state index in [1.807, 2.05) is 0 Å². The monoisotopic (exact) mass is 252 g/mol. The summed E-state index contributed by atoms with van der Waals surface area (Å²) in [7, 11) is 0. The number of rotatable bonds is 3. The summed E-state index contributed by atoms with van der Waals surface area (Å²) in [6.45, 7) is 3.46. The van der Waals surface area contributed by atoms with Crippen LogP contribution >= 0.6 is 0 Å². The van der Waals surface area contributed by atoms with Gasteiger partial charge in [-0.1, -0.05) is 33.1 Å². The van der Waals surface area contributed by atoms with E-state index in [0.29, 0.717) is 12.8 Å². The number of nitrogens with one attached hydrogen (secondary N) is 1. The fourth-order valence-electron chi connectivity index (χ4n) is 2.65. The molecule has 1 aliphatic carbocycles. The van der Waals surface area contributed by atoms with E-state index < -0.39 is 11.6 Å². The third kappa shape index (κ3) is 2.13. The summed E-state index contributed by atoms with van der Waals surface area (Å²) < 4.78 is 0. The minimum absolute atomic E-state index is 0.0774. The molecule has 0 bridgehead atoms. The Morgan fingerprint density at radius 1 is 1.28 bits per heavy atom. The van der Waals surface area contributed by atoms with Crippen LogP contribution < -0.4 is 5.32 Å². The molecule has 5 nitrogen and oxygen atoms in total. The minimum atomic E-state index is -0.716. The number of carbonyl (C=O) groups excluding carboxylic acids is 3. The van der Waals surface area contributed by atoms with Crippen molar-refractivity contribution >= 4 is 17.7 Å². The van der Waals surface area contributed by atoms with Crippen LogP contribution in [0, 0.1) is 5.92 Å². The third-order valence-corrected chi connectivity index (χ3v) is 3.91. The number of imide groups is 1. The van der Waals surface area contributed by atoms with Crippen molar-refractivity contribution in [2.24, 2.45) is 5.92 Å². The maximum Gasteiger partial charge on any atom is 0.325 e. The molecule has 1 saturated heterocycles. The van der Waals surface area contributed by atoms with Gasteiger partial charge in [0.05, 0.1) is 6.54 Å². The lowest BCUT2D eigenvalue weighted by Gasteiger charge is -2.30. The molecule has 1 saturated carbocycles. The summed E-state index contributed by atoms with van der Waals surface area (Å²) in [6, 6.07) is -0.407. The average molecular weight is 252 g/mol. The van der Waals surface area contributed by atoms with Gasteiger partial charge in [-0.15, -0.1) is 0 Å². The van der Waals surface area contributed by atoms with Crippen molar-refractivity contribution < 1.29 is 14.4 Å². The number of hydrogen-bond acceptors (Lipinski definition) is 3. The van der Waals surface area contributed by atoms with Crippen LogP contribution in [0.25, 0.3) is 0 Å². The van der Waals surface area contributed by atoms with Crippen molar-refractivity contribution in [1.29, 1.82) is 0 Å². The molecule has 18 heavy (non-hydrogen) atoms. The van der Waals surface area contributed by atoms with E-state index in [2.05, 4.69) is 5.32 Å². The second-order valence-electron chi connectivity index (χ2n) is 5.59. The molecule has 0 aromatic heterocycles. The zero-order valence-corrected chi connectivity index (χ0v) is 11.0. The molecule has 0 unspecified atom stereocenters. The first-order valence-corrected chi connectivity index (χ1v) is 6.63. The van der Waals surface area contributed by atoms with E-state index in [1.54, 1.807) is 13.8 Å². The lowest BCUT2D eigenvalue weighted by molar-refractivity contribution is -0.136. The first-order chi connectivity index (χ1) is 8.46. The van der Waals surface area contributed by atoms with Crippen LogP contribution in [0.5, 0.6) is 0 Å². The quantitative estimate of drug-likeness (QED) is 0.773. The zero-order valence-electron chi connectivity index (χ0n) is 11.0. The summed E-state index contributed by atoms with van der Waals surface area (Å²) in [5.74, 6) is -0.443. The predicted octanol–water partition coefficient (Wildman–Crippen LogP) is 1.47. The van der Waals surface area contributed by atoms with E-state index in [1.165, 1.54) is 0 Å². The first-order valence-electron chi connectivity index (χ1n) is 6.63. The molecule has 2 aliphatic rings. The van der Waals surface area contributed by atoms with E-state index in [9.17, 15) is 14.4 Å². The van der Waals surface area contributed by atoms with Gasteiger partial charge in [0, 0.05) is 5.92 Å². The largest absolute Gasteiger partial charge is 0.325 e. The fourth-order valence-corrected chi connectivity index (χ4v) is 2.65. The molecular formula is C13H20N2O3. The SMILES string of the molecule is CC(C)C(=O)CN1C(=O)NC2(CCCCC2)C1=O. The van der Waals surface area contributed by atoms with Crippen LogP contribution in [-0.4, -0.2) is 34.7 Å². The third-order valence-electron chi connectivity index (χ3n) is 3.91. The number of urea groups is 1. The van der Waals surface area contributed by atoms with Crippen LogP contribution in [0.4, 0.5) is 4.79 Å². The van der Waals surface area contributed by atoms with Gasteiger partial charge in [0.1, 0.15) is 5.54 Å². The van der Waals surface area contributed by atoms with Gasteiger partial charge < -0.3 is 5.32 Å². The van der Waals surface area contributed by atoms with Gasteiger partial charge in [-0.05, 0) is 12.8 Å². The number of hydrogen-bond donors (Lipinski definition) is 1. The van der Waals surface area contributed by atoms with Crippen molar-refractivity contribution in [1.82, 2.24) is 10.2 Å². The van der Waals surface area contributed by atoms with E-state index in [0.717, 1.165) is 24.2 Å². The molecule has 1 spiro atoms. The van der Waals surface area contributed by atoms with Gasteiger partial charge in [0.25, 0.3) is 5.91 Å². The maximum atomic E-state index is 12.3. The van der Waals surface area contributed by atoms with Gasteiger partial charge >= 0.3 is 6.03 Å². The van der Waals surface area contributed by atoms with E-state index in [-0.39, 0.29) is 24.2 Å². The Hall–Kier alpha value is -1.39. The van der Waals surface area contributed by atoms with Gasteiger partial charge in [-0.25, -0.2) is 4.79 Å². The van der Waals surface area contributed by atoms with E-state index >= 15 is 0 Å². The Morgan fingerprint density at radius 2 is 1.89 bits per heavy atom. The Balaban J connectivity index is 2.11. The summed E-state index contributed by atoms with van der Waals surface area (Å²) >= 11 is 0. The topological polar surface area (TPSA) is 66.5 Å². The summed E-state index contributed by atoms with van der Waals surface area (Å²) in [4.78, 5) is 37.0. The average Bonchev–Trinajstić information content (AvgIpc) is 2.55. The molecule has 3 amide bonds. The molecule has 2 fully saturated rings. The second kappa shape index (κ2) is 4.71. The molecular weight excluding hydrogens is 232 g/mol. The molecule has 0 aromatic carbocycles. The lowest BCUT2D eigenvalue weighted by Crippen LogP contribution is -2.48. The van der Waals surface area contributed by atoms with Gasteiger partial charge in [-0.2, -0.15) is 0 Å². The van der Waals surface area contributed by atoms with Crippen molar-refractivity contribution in [3.05, 3.63) is 0 Å². The molecule has 0 aromatic rings. The van der Waals surface area contributed by atoms with Gasteiger partial charge in [0.2, 0.25) is 0 Å². The van der Waals surface area contributed by atoms with Crippen molar-refractivity contribution in [2.45, 2.75) is 51.5 Å². The molecule has 0 radical (unpaired) electrons. The molecule has 1 heterocycles. The zero-order chi connectivity index (χ0) is 13.3. The van der Waals surface area contributed by atoms with Crippen LogP contribution in [-0.2, 0) is 9.59 Å². The normalized spacial score (nSPS) is 22.7. The highest BCUT2D eigenvalue weighted by Crippen LogP contribution is 2.33. The maximum absolute atomic E-state index is 12.3. The lowest BCUT2D eigenvalue weighted by atomic mass is 9.82. The fraction of sp³-hybridized carbons (Fsp3) is 0.769. The molecule has 100 valence electrons. The summed E-state index contributed by atoms with van der Waals surface area (Å²) in [5.41, 5.74) is -0.716. The highest BCUT2D eigenvalue weighted by atomic mass is 16.2. The van der Waals surface area contributed by atoms with Crippen molar-refractivity contribution in [3.8, 4) is 0 Å². The molecule has 0 atom stereocenters. The number of carbonyl (C=O) groups is 3. The summed E-state index contributed by atoms with van der Waals surface area (Å²) in [5, 5.41) is 2.80. The first kappa shape index (κ1) is 13.1. The Bertz CT molecular complexity index is 384. The molecule has 5 heteroatoms. The summed E-state index contributed by atoms with van der Waals surface area (Å²) in [6.07, 6.45) is 4.42. The van der Waals surface area contributed by atoms with Crippen molar-refractivity contribution in [3.63, 3.8) is 0 Å². The molecule has 2 rings (SSSR count). The predicted molar refractivity (Wildman–Crippen MR) is 65.9 cm³/mol. The van der Waals surface area contributed by atoms with Crippen LogP contribution in [0.3, 0.4) is 0 Å². The van der Waals surface area contributed by atoms with Gasteiger partial charge in [0.15, 0.2) is 5.78 Å². The second-order valence-corrected chi connectivity index (χ2v) is 5.59. The number of Topliss-reactive ketones (excluding diaryl/α,β-unsaturated/α-hetero) is 1. The molecule has 1 aliphatic heterocycles. The smallest absolute Gasteiger partial charge is 0.323 e. The number of nitrogens with zero attached hydrogens (tertiary/aromatic N) is 1. The molecule has 1 N–H and O–H groups in total. The van der Waals surface area contributed by atoms with Gasteiger partial charge in [-0.3, -0.25) is 14.5 Å². The Labute approximate surface area is 107 Å². The Kier molecular flexibility index (Phi) is 3.41. The van der Waals surface area contributed by atoms with Crippen LogP contribution in [0.15, 0.2) is 0 Å². The highest BCUT2D eigenvalue weighted by molar-refractivity contribution is 6.09. The Morgan fingerprint density at radius 3 is 2.44 bits per heavy atom. The van der Waals surface area contributed by atoms with Crippen LogP contribution in [0.1, 0.15) is 46.0 Å². The van der Waals surface area contributed by atoms with E-state index in [4.69, 9.17) is 0 Å². The minimum Gasteiger partial charge on any atom is -0.323 e. The van der Waals surface area contributed by atoms with Crippen molar-refractivity contribution in [2.75, 3.05) is 6.54 Å². The number of amides is 3. The van der Waals surface area contributed by atoms with Crippen LogP contribution in [0.2, 0.25) is 0 Å².